The van der Waals surface area contributed by atoms with E-state index in [2.05, 4.69) is 22.2 Å². The maximum Gasteiger partial charge on any atom is 0.263 e. The molecular weight excluding hydrogens is 318 g/mol. The molecule has 2 heterocycles. The second-order valence-electron chi connectivity index (χ2n) is 7.28. The highest BCUT2D eigenvalue weighted by atomic mass is 32.1. The molecule has 5 heteroatoms. The molecule has 2 bridgehead atoms. The van der Waals surface area contributed by atoms with Crippen LogP contribution >= 0.6 is 11.3 Å². The molecule has 2 aromatic heterocycles. The Hall–Kier alpha value is -1.75. The number of thiazole rings is 1. The number of carbonyl (C=O) groups excluding carboxylic acids is 1. The molecule has 0 radical (unpaired) electrons. The van der Waals surface area contributed by atoms with E-state index in [1.54, 1.807) is 12.4 Å². The SMILES string of the molecule is Cc1nc(-c2cccnc2)sc1C(=O)NC(C)C1CC2CCC1C2. The van der Waals surface area contributed by atoms with Crippen LogP contribution in [0, 0.1) is 24.7 Å². The number of rotatable bonds is 4. The summed E-state index contributed by atoms with van der Waals surface area (Å²) in [6.07, 6.45) is 8.93. The summed E-state index contributed by atoms with van der Waals surface area (Å²) in [7, 11) is 0. The van der Waals surface area contributed by atoms with Crippen molar-refractivity contribution >= 4 is 17.2 Å². The lowest BCUT2D eigenvalue weighted by Gasteiger charge is -2.28. The molecule has 24 heavy (non-hydrogen) atoms. The van der Waals surface area contributed by atoms with Crippen LogP contribution in [0.5, 0.6) is 0 Å². The predicted molar refractivity (Wildman–Crippen MR) is 95.9 cm³/mol. The molecule has 1 amide bonds. The highest BCUT2D eigenvalue weighted by Crippen LogP contribution is 2.49. The van der Waals surface area contributed by atoms with Crippen molar-refractivity contribution in [1.82, 2.24) is 15.3 Å². The van der Waals surface area contributed by atoms with Gasteiger partial charge in [0.2, 0.25) is 0 Å². The summed E-state index contributed by atoms with van der Waals surface area (Å²) in [5.41, 5.74) is 1.77. The van der Waals surface area contributed by atoms with Gasteiger partial charge in [-0.15, -0.1) is 11.3 Å². The van der Waals surface area contributed by atoms with Gasteiger partial charge in [-0.25, -0.2) is 4.98 Å². The number of nitrogens with one attached hydrogen (secondary N) is 1. The molecular formula is C19H23N3OS. The van der Waals surface area contributed by atoms with Crippen LogP contribution in [0.1, 0.15) is 48.0 Å². The summed E-state index contributed by atoms with van der Waals surface area (Å²) in [5.74, 6) is 2.40. The quantitative estimate of drug-likeness (QED) is 0.912. The van der Waals surface area contributed by atoms with Crippen LogP contribution in [-0.2, 0) is 0 Å². The Morgan fingerprint density at radius 3 is 2.92 bits per heavy atom. The molecule has 2 aliphatic rings. The largest absolute Gasteiger partial charge is 0.349 e. The minimum Gasteiger partial charge on any atom is -0.349 e. The second-order valence-corrected chi connectivity index (χ2v) is 8.28. The third kappa shape index (κ3) is 2.86. The number of nitrogens with zero attached hydrogens (tertiary/aromatic N) is 2. The summed E-state index contributed by atoms with van der Waals surface area (Å²) >= 11 is 1.46. The summed E-state index contributed by atoms with van der Waals surface area (Å²) < 4.78 is 0. The maximum absolute atomic E-state index is 12.7. The zero-order valence-corrected chi connectivity index (χ0v) is 15.0. The first-order chi connectivity index (χ1) is 11.6. The molecule has 2 fully saturated rings. The van der Waals surface area contributed by atoms with Crippen LogP contribution in [0.2, 0.25) is 0 Å². The topological polar surface area (TPSA) is 54.9 Å². The van der Waals surface area contributed by atoms with E-state index in [9.17, 15) is 4.79 Å². The first-order valence-corrected chi connectivity index (χ1v) is 9.62. The lowest BCUT2D eigenvalue weighted by molar-refractivity contribution is 0.0918. The van der Waals surface area contributed by atoms with Crippen molar-refractivity contribution < 1.29 is 4.79 Å². The summed E-state index contributed by atoms with van der Waals surface area (Å²) in [6.45, 7) is 4.08. The molecule has 0 aliphatic heterocycles. The molecule has 4 unspecified atom stereocenters. The molecule has 4 rings (SSSR count). The van der Waals surface area contributed by atoms with Gasteiger partial charge in [-0.2, -0.15) is 0 Å². The molecule has 2 aliphatic carbocycles. The van der Waals surface area contributed by atoms with Gasteiger partial charge in [0, 0.05) is 24.0 Å². The van der Waals surface area contributed by atoms with Gasteiger partial charge in [0.1, 0.15) is 9.88 Å². The highest BCUT2D eigenvalue weighted by molar-refractivity contribution is 7.17. The van der Waals surface area contributed by atoms with Crippen molar-refractivity contribution in [3.05, 3.63) is 35.1 Å². The number of hydrogen-bond acceptors (Lipinski definition) is 4. The van der Waals surface area contributed by atoms with Crippen molar-refractivity contribution in [2.24, 2.45) is 17.8 Å². The maximum atomic E-state index is 12.7. The van der Waals surface area contributed by atoms with Crippen molar-refractivity contribution in [2.75, 3.05) is 0 Å². The first-order valence-electron chi connectivity index (χ1n) is 8.80. The fourth-order valence-electron chi connectivity index (χ4n) is 4.51. The zero-order valence-electron chi connectivity index (χ0n) is 14.2. The minimum atomic E-state index is 0.0235. The van der Waals surface area contributed by atoms with E-state index in [0.717, 1.165) is 33.0 Å². The lowest BCUT2D eigenvalue weighted by Crippen LogP contribution is -2.40. The fourth-order valence-corrected chi connectivity index (χ4v) is 5.46. The van der Waals surface area contributed by atoms with Gasteiger partial charge in [0.05, 0.1) is 5.69 Å². The van der Waals surface area contributed by atoms with Crippen molar-refractivity contribution in [2.45, 2.75) is 45.6 Å². The third-order valence-electron chi connectivity index (χ3n) is 5.71. The van der Waals surface area contributed by atoms with Gasteiger partial charge >= 0.3 is 0 Å². The number of pyridine rings is 1. The standard InChI is InChI=1S/C19H23N3OS/c1-11(16-9-13-5-6-14(16)8-13)21-18(23)17-12(2)22-19(24-17)15-4-3-7-20-10-15/h3-4,7,10-11,13-14,16H,5-6,8-9H2,1-2H3,(H,21,23). The van der Waals surface area contributed by atoms with E-state index >= 15 is 0 Å². The van der Waals surface area contributed by atoms with Gasteiger partial charge in [-0.05, 0) is 63.0 Å². The number of hydrogen-bond donors (Lipinski definition) is 1. The Kier molecular flexibility index (Phi) is 4.12. The summed E-state index contributed by atoms with van der Waals surface area (Å²) in [5, 5.41) is 4.10. The zero-order chi connectivity index (χ0) is 16.7. The molecule has 2 aromatic rings. The fraction of sp³-hybridized carbons (Fsp3) is 0.526. The van der Waals surface area contributed by atoms with Gasteiger partial charge in [0.25, 0.3) is 5.91 Å². The molecule has 4 atom stereocenters. The van der Waals surface area contributed by atoms with Crippen LogP contribution < -0.4 is 5.32 Å². The van der Waals surface area contributed by atoms with Gasteiger partial charge in [-0.3, -0.25) is 9.78 Å². The van der Waals surface area contributed by atoms with Crippen molar-refractivity contribution in [3.63, 3.8) is 0 Å². The molecule has 4 nitrogen and oxygen atoms in total. The van der Waals surface area contributed by atoms with Crippen LogP contribution in [0.15, 0.2) is 24.5 Å². The smallest absolute Gasteiger partial charge is 0.263 e. The second kappa shape index (κ2) is 6.28. The Morgan fingerprint density at radius 1 is 1.38 bits per heavy atom. The molecule has 2 saturated carbocycles. The van der Waals surface area contributed by atoms with E-state index in [1.807, 2.05) is 19.1 Å². The Bertz CT molecular complexity index is 742. The summed E-state index contributed by atoms with van der Waals surface area (Å²) in [6, 6.07) is 4.12. The Labute approximate surface area is 146 Å². The normalized spacial score (nSPS) is 26.5. The average Bonchev–Trinajstić information content (AvgIpc) is 3.30. The number of aromatic nitrogens is 2. The van der Waals surface area contributed by atoms with E-state index in [4.69, 9.17) is 0 Å². The van der Waals surface area contributed by atoms with Crippen LogP contribution in [0.4, 0.5) is 0 Å². The van der Waals surface area contributed by atoms with Crippen molar-refractivity contribution in [3.8, 4) is 10.6 Å². The Balaban J connectivity index is 1.47. The van der Waals surface area contributed by atoms with E-state index in [0.29, 0.717) is 5.92 Å². The monoisotopic (exact) mass is 341 g/mol. The number of fused-ring (bicyclic) bond motifs is 2. The third-order valence-corrected chi connectivity index (χ3v) is 6.91. The van der Waals surface area contributed by atoms with E-state index in [1.165, 1.54) is 37.0 Å². The van der Waals surface area contributed by atoms with Gasteiger partial charge in [0.15, 0.2) is 0 Å². The molecule has 126 valence electrons. The average molecular weight is 341 g/mol. The minimum absolute atomic E-state index is 0.0235. The van der Waals surface area contributed by atoms with E-state index < -0.39 is 0 Å². The van der Waals surface area contributed by atoms with E-state index in [-0.39, 0.29) is 11.9 Å². The first kappa shape index (κ1) is 15.8. The van der Waals surface area contributed by atoms with Crippen molar-refractivity contribution in [1.29, 1.82) is 0 Å². The lowest BCUT2D eigenvalue weighted by atomic mass is 9.84. The number of aryl methyl sites for hydroxylation is 1. The Morgan fingerprint density at radius 2 is 2.25 bits per heavy atom. The van der Waals surface area contributed by atoms with Gasteiger partial charge in [-0.1, -0.05) is 6.42 Å². The highest BCUT2D eigenvalue weighted by Gasteiger charge is 2.42. The van der Waals surface area contributed by atoms with Crippen LogP contribution in [-0.4, -0.2) is 21.9 Å². The number of amides is 1. The van der Waals surface area contributed by atoms with Crippen LogP contribution in [0.3, 0.4) is 0 Å². The molecule has 0 spiro atoms. The van der Waals surface area contributed by atoms with Gasteiger partial charge < -0.3 is 5.32 Å². The predicted octanol–water partition coefficient (Wildman–Crippen LogP) is 4.07. The molecule has 1 N–H and O–H groups in total. The summed E-state index contributed by atoms with van der Waals surface area (Å²) in [4.78, 5) is 22.1. The van der Waals surface area contributed by atoms with Crippen LogP contribution in [0.25, 0.3) is 10.6 Å². The number of carbonyl (C=O) groups is 1. The molecule has 0 aromatic carbocycles. The molecule has 0 saturated heterocycles.